The molecule has 1 atom stereocenters. The number of carboxylic acids is 1. The summed E-state index contributed by atoms with van der Waals surface area (Å²) in [6.45, 7) is 6.70. The Bertz CT molecular complexity index is 546. The van der Waals surface area contributed by atoms with Gasteiger partial charge in [-0.15, -0.1) is 0 Å². The van der Waals surface area contributed by atoms with Crippen LogP contribution in [0, 0.1) is 6.92 Å². The average molecular weight is 280 g/mol. The summed E-state index contributed by atoms with van der Waals surface area (Å²) in [6, 6.07) is -0.478. The van der Waals surface area contributed by atoms with Crippen LogP contribution in [0.25, 0.3) is 0 Å². The van der Waals surface area contributed by atoms with Gasteiger partial charge >= 0.3 is 5.97 Å². The first kappa shape index (κ1) is 15.9. The maximum Gasteiger partial charge on any atom is 0.305 e. The van der Waals surface area contributed by atoms with Gasteiger partial charge in [-0.3, -0.25) is 14.4 Å². The minimum absolute atomic E-state index is 0.0896. The SMILES string of the molecule is CCc1c(C(=O)NC(C)CC(=O)O)[nH]c(C)c1C(C)=O. The summed E-state index contributed by atoms with van der Waals surface area (Å²) in [5, 5.41) is 11.3. The lowest BCUT2D eigenvalue weighted by atomic mass is 10.0. The van der Waals surface area contributed by atoms with Crippen molar-refractivity contribution in [2.45, 2.75) is 46.6 Å². The summed E-state index contributed by atoms with van der Waals surface area (Å²) in [5.74, 6) is -1.44. The van der Waals surface area contributed by atoms with Crippen molar-refractivity contribution in [3.8, 4) is 0 Å². The first-order valence-electron chi connectivity index (χ1n) is 6.52. The van der Waals surface area contributed by atoms with E-state index in [0.717, 1.165) is 0 Å². The summed E-state index contributed by atoms with van der Waals surface area (Å²) in [5.41, 5.74) is 2.22. The molecule has 1 rings (SSSR count). The van der Waals surface area contributed by atoms with Crippen LogP contribution in [-0.4, -0.2) is 33.8 Å². The number of aromatic nitrogens is 1. The molecule has 1 aromatic rings. The molecular formula is C14H20N2O4. The highest BCUT2D eigenvalue weighted by Crippen LogP contribution is 2.20. The van der Waals surface area contributed by atoms with Crippen LogP contribution < -0.4 is 5.32 Å². The Balaban J connectivity index is 3.02. The molecule has 0 fully saturated rings. The molecule has 3 N–H and O–H groups in total. The number of aliphatic carboxylic acids is 1. The molecule has 20 heavy (non-hydrogen) atoms. The van der Waals surface area contributed by atoms with Crippen molar-refractivity contribution in [1.82, 2.24) is 10.3 Å². The third-order valence-electron chi connectivity index (χ3n) is 3.08. The van der Waals surface area contributed by atoms with Gasteiger partial charge < -0.3 is 15.4 Å². The van der Waals surface area contributed by atoms with Crippen molar-refractivity contribution in [1.29, 1.82) is 0 Å². The maximum absolute atomic E-state index is 12.2. The molecule has 0 aliphatic heterocycles. The summed E-state index contributed by atoms with van der Waals surface area (Å²) < 4.78 is 0. The molecule has 110 valence electrons. The van der Waals surface area contributed by atoms with E-state index in [0.29, 0.717) is 28.9 Å². The maximum atomic E-state index is 12.2. The van der Waals surface area contributed by atoms with Gasteiger partial charge in [0.1, 0.15) is 5.69 Å². The number of nitrogens with one attached hydrogen (secondary N) is 2. The monoisotopic (exact) mass is 280 g/mol. The van der Waals surface area contributed by atoms with Crippen molar-refractivity contribution >= 4 is 17.7 Å². The molecule has 0 saturated carbocycles. The smallest absolute Gasteiger partial charge is 0.305 e. The van der Waals surface area contributed by atoms with Gasteiger partial charge in [0.25, 0.3) is 5.91 Å². The van der Waals surface area contributed by atoms with Gasteiger partial charge in [0.2, 0.25) is 0 Å². The van der Waals surface area contributed by atoms with E-state index in [4.69, 9.17) is 5.11 Å². The topological polar surface area (TPSA) is 99.3 Å². The second-order valence-corrected chi connectivity index (χ2v) is 4.86. The highest BCUT2D eigenvalue weighted by atomic mass is 16.4. The Kier molecular flexibility index (Phi) is 5.07. The van der Waals surface area contributed by atoms with Crippen LogP contribution in [0.15, 0.2) is 0 Å². The average Bonchev–Trinajstić information content (AvgIpc) is 2.64. The van der Waals surface area contributed by atoms with E-state index >= 15 is 0 Å². The van der Waals surface area contributed by atoms with Crippen LogP contribution in [0.2, 0.25) is 0 Å². The van der Waals surface area contributed by atoms with Gasteiger partial charge in [0.15, 0.2) is 5.78 Å². The van der Waals surface area contributed by atoms with Crippen LogP contribution in [-0.2, 0) is 11.2 Å². The zero-order chi connectivity index (χ0) is 15.4. The minimum atomic E-state index is -0.972. The van der Waals surface area contributed by atoms with E-state index in [9.17, 15) is 14.4 Å². The van der Waals surface area contributed by atoms with Crippen molar-refractivity contribution in [3.05, 3.63) is 22.5 Å². The second kappa shape index (κ2) is 6.36. The van der Waals surface area contributed by atoms with Gasteiger partial charge in [-0.2, -0.15) is 0 Å². The summed E-state index contributed by atoms with van der Waals surface area (Å²) in [6.07, 6.45) is 0.405. The largest absolute Gasteiger partial charge is 0.481 e. The lowest BCUT2D eigenvalue weighted by Gasteiger charge is -2.11. The van der Waals surface area contributed by atoms with E-state index in [1.54, 1.807) is 13.8 Å². The van der Waals surface area contributed by atoms with Gasteiger partial charge in [0, 0.05) is 17.3 Å². The Hall–Kier alpha value is -2.11. The van der Waals surface area contributed by atoms with Crippen LogP contribution in [0.4, 0.5) is 0 Å². The van der Waals surface area contributed by atoms with Crippen molar-refractivity contribution in [2.24, 2.45) is 0 Å². The van der Waals surface area contributed by atoms with Gasteiger partial charge in [-0.1, -0.05) is 6.92 Å². The lowest BCUT2D eigenvalue weighted by Crippen LogP contribution is -2.34. The second-order valence-electron chi connectivity index (χ2n) is 4.86. The van der Waals surface area contributed by atoms with E-state index in [2.05, 4.69) is 10.3 Å². The zero-order valence-corrected chi connectivity index (χ0v) is 12.2. The Labute approximate surface area is 117 Å². The summed E-state index contributed by atoms with van der Waals surface area (Å²) >= 11 is 0. The number of ketones is 1. The molecule has 6 heteroatoms. The van der Waals surface area contributed by atoms with Crippen LogP contribution >= 0.6 is 0 Å². The van der Waals surface area contributed by atoms with Crippen LogP contribution in [0.5, 0.6) is 0 Å². The fourth-order valence-corrected chi connectivity index (χ4v) is 2.31. The number of aromatic amines is 1. The number of hydrogen-bond acceptors (Lipinski definition) is 3. The minimum Gasteiger partial charge on any atom is -0.481 e. The first-order valence-corrected chi connectivity index (χ1v) is 6.52. The molecule has 1 aromatic heterocycles. The lowest BCUT2D eigenvalue weighted by molar-refractivity contribution is -0.137. The molecule has 0 aromatic carbocycles. The first-order chi connectivity index (χ1) is 9.27. The number of H-pyrrole nitrogens is 1. The fourth-order valence-electron chi connectivity index (χ4n) is 2.31. The molecule has 0 saturated heterocycles. The normalized spacial score (nSPS) is 12.0. The van der Waals surface area contributed by atoms with Crippen LogP contribution in [0.3, 0.4) is 0 Å². The van der Waals surface area contributed by atoms with Gasteiger partial charge in [-0.25, -0.2) is 0 Å². The predicted molar refractivity (Wildman–Crippen MR) is 74.1 cm³/mol. The number of rotatable bonds is 6. The number of carbonyl (C=O) groups is 3. The summed E-state index contributed by atoms with van der Waals surface area (Å²) in [4.78, 5) is 37.3. The molecule has 0 aliphatic rings. The molecule has 0 spiro atoms. The zero-order valence-electron chi connectivity index (χ0n) is 12.2. The standard InChI is InChI=1S/C14H20N2O4/c1-5-10-12(9(4)17)8(3)16-13(10)14(20)15-7(2)6-11(18)19/h7,16H,5-6H2,1-4H3,(H,15,20)(H,18,19). The van der Waals surface area contributed by atoms with Crippen molar-refractivity contribution < 1.29 is 19.5 Å². The number of carbonyl (C=O) groups excluding carboxylic acids is 2. The molecular weight excluding hydrogens is 260 g/mol. The molecule has 0 aliphatic carbocycles. The highest BCUT2D eigenvalue weighted by molar-refractivity contribution is 6.02. The Morgan fingerprint density at radius 3 is 2.40 bits per heavy atom. The molecule has 1 unspecified atom stereocenters. The summed E-state index contributed by atoms with van der Waals surface area (Å²) in [7, 11) is 0. The number of aryl methyl sites for hydroxylation is 1. The van der Waals surface area contributed by atoms with Gasteiger partial charge in [-0.05, 0) is 32.8 Å². The number of Topliss-reactive ketones (excluding diaryl/α,β-unsaturated/α-hetero) is 1. The van der Waals surface area contributed by atoms with Gasteiger partial charge in [0.05, 0.1) is 6.42 Å². The Morgan fingerprint density at radius 2 is 1.95 bits per heavy atom. The molecule has 1 amide bonds. The number of carboxylic acid groups (broad SMARTS) is 1. The highest BCUT2D eigenvalue weighted by Gasteiger charge is 2.22. The number of hydrogen-bond donors (Lipinski definition) is 3. The van der Waals surface area contributed by atoms with Crippen molar-refractivity contribution in [2.75, 3.05) is 0 Å². The van der Waals surface area contributed by atoms with E-state index in [1.807, 2.05) is 6.92 Å². The fraction of sp³-hybridized carbons (Fsp3) is 0.500. The molecule has 1 heterocycles. The van der Waals surface area contributed by atoms with Crippen LogP contribution in [0.1, 0.15) is 59.3 Å². The molecule has 6 nitrogen and oxygen atoms in total. The predicted octanol–water partition coefficient (Wildman–Crippen LogP) is 1.68. The van der Waals surface area contributed by atoms with E-state index < -0.39 is 12.0 Å². The third kappa shape index (κ3) is 3.46. The van der Waals surface area contributed by atoms with Crippen molar-refractivity contribution in [3.63, 3.8) is 0 Å². The third-order valence-corrected chi connectivity index (χ3v) is 3.08. The Morgan fingerprint density at radius 1 is 1.35 bits per heavy atom. The van der Waals surface area contributed by atoms with E-state index in [1.165, 1.54) is 6.92 Å². The van der Waals surface area contributed by atoms with E-state index in [-0.39, 0.29) is 18.1 Å². The molecule has 0 radical (unpaired) electrons. The quantitative estimate of drug-likeness (QED) is 0.690. The molecule has 0 bridgehead atoms. The number of amides is 1.